The van der Waals surface area contributed by atoms with Crippen molar-refractivity contribution in [2.45, 2.75) is 328 Å². The largest absolute Gasteiger partial charge is 0.466 e. The predicted octanol–water partition coefficient (Wildman–Crippen LogP) is 16.7. The zero-order chi connectivity index (χ0) is 44.4. The molecular formula is C55H109NO5. The number of aliphatic hydroxyl groups excluding tert-OH is 2. The van der Waals surface area contributed by atoms with E-state index < -0.39 is 12.1 Å². The molecule has 0 spiro atoms. The van der Waals surface area contributed by atoms with Gasteiger partial charge in [0.2, 0.25) is 5.91 Å². The molecule has 0 aliphatic heterocycles. The molecule has 0 fully saturated rings. The van der Waals surface area contributed by atoms with Crippen LogP contribution in [0.2, 0.25) is 0 Å². The van der Waals surface area contributed by atoms with E-state index in [1.807, 2.05) is 0 Å². The lowest BCUT2D eigenvalue weighted by Crippen LogP contribution is -2.45. The van der Waals surface area contributed by atoms with Gasteiger partial charge < -0.3 is 20.3 Å². The number of rotatable bonds is 52. The molecule has 0 saturated carbocycles. The molecule has 364 valence electrons. The number of esters is 1. The number of hydrogen-bond acceptors (Lipinski definition) is 5. The van der Waals surface area contributed by atoms with E-state index in [1.54, 1.807) is 0 Å². The van der Waals surface area contributed by atoms with E-state index in [0.717, 1.165) is 38.5 Å². The summed E-state index contributed by atoms with van der Waals surface area (Å²) in [5.41, 5.74) is 0. The van der Waals surface area contributed by atoms with E-state index in [-0.39, 0.29) is 18.5 Å². The smallest absolute Gasteiger partial charge is 0.305 e. The van der Waals surface area contributed by atoms with Crippen LogP contribution in [0.4, 0.5) is 0 Å². The van der Waals surface area contributed by atoms with Gasteiger partial charge in [-0.1, -0.05) is 277 Å². The third-order valence-electron chi connectivity index (χ3n) is 13.2. The van der Waals surface area contributed by atoms with Crippen LogP contribution in [0.5, 0.6) is 0 Å². The molecule has 0 aliphatic carbocycles. The fourth-order valence-corrected chi connectivity index (χ4v) is 8.88. The Hall–Kier alpha value is -1.14. The molecule has 3 N–H and O–H groups in total. The second-order valence-electron chi connectivity index (χ2n) is 19.3. The van der Waals surface area contributed by atoms with E-state index in [0.29, 0.717) is 25.9 Å². The number of amides is 1. The average molecular weight is 864 g/mol. The molecule has 0 saturated heterocycles. The minimum absolute atomic E-state index is 0.0134. The highest BCUT2D eigenvalue weighted by Crippen LogP contribution is 2.18. The molecule has 6 heteroatoms. The Morgan fingerprint density at radius 2 is 0.672 bits per heavy atom. The normalized spacial score (nSPS) is 12.5. The van der Waals surface area contributed by atoms with E-state index in [4.69, 9.17) is 4.74 Å². The minimum Gasteiger partial charge on any atom is -0.466 e. The lowest BCUT2D eigenvalue weighted by Gasteiger charge is -2.22. The number of carbonyl (C=O) groups is 2. The van der Waals surface area contributed by atoms with Gasteiger partial charge in [-0.25, -0.2) is 0 Å². The first-order chi connectivity index (χ1) is 30.0. The second kappa shape index (κ2) is 51.5. The molecule has 2 unspecified atom stereocenters. The molecule has 0 rings (SSSR count). The van der Waals surface area contributed by atoms with Gasteiger partial charge in [0.05, 0.1) is 25.4 Å². The molecule has 0 aromatic rings. The molecule has 61 heavy (non-hydrogen) atoms. The van der Waals surface area contributed by atoms with Crippen LogP contribution in [0.25, 0.3) is 0 Å². The highest BCUT2D eigenvalue weighted by molar-refractivity contribution is 5.76. The lowest BCUT2D eigenvalue weighted by molar-refractivity contribution is -0.143. The molecule has 2 atom stereocenters. The highest BCUT2D eigenvalue weighted by Gasteiger charge is 2.20. The first-order valence-electron chi connectivity index (χ1n) is 27.8. The summed E-state index contributed by atoms with van der Waals surface area (Å²) in [6, 6.07) is -0.538. The monoisotopic (exact) mass is 864 g/mol. The maximum atomic E-state index is 12.4. The standard InChI is InChI=1S/C55H109NO5/c1-3-5-7-9-11-13-27-31-35-39-43-47-53(58)52(51-57)56-54(59)48-44-40-36-32-29-25-23-21-19-17-15-16-18-20-22-24-26-30-34-38-42-46-50-61-55(60)49-45-41-37-33-28-14-12-10-8-6-4-2/h52-53,57-58H,3-51H2,1-2H3,(H,56,59). The Bertz CT molecular complexity index is 867. The van der Waals surface area contributed by atoms with Crippen LogP contribution in [0.15, 0.2) is 0 Å². The van der Waals surface area contributed by atoms with Crippen molar-refractivity contribution < 1.29 is 24.5 Å². The van der Waals surface area contributed by atoms with Crippen molar-refractivity contribution in [3.05, 3.63) is 0 Å². The van der Waals surface area contributed by atoms with Crippen LogP contribution in [0, 0.1) is 0 Å². The second-order valence-corrected chi connectivity index (χ2v) is 19.3. The lowest BCUT2D eigenvalue weighted by atomic mass is 10.0. The molecule has 0 radical (unpaired) electrons. The minimum atomic E-state index is -0.661. The van der Waals surface area contributed by atoms with Crippen molar-refractivity contribution in [1.82, 2.24) is 5.32 Å². The van der Waals surface area contributed by atoms with Crippen molar-refractivity contribution >= 4 is 11.9 Å². The molecule has 0 aromatic heterocycles. The Labute approximate surface area is 381 Å². The SMILES string of the molecule is CCCCCCCCCCCCCC(=O)OCCCCCCCCCCCCCCCCCCCCCCCCC(=O)NC(CO)C(O)CCCCCCCCCCCCC. The van der Waals surface area contributed by atoms with E-state index in [2.05, 4.69) is 19.2 Å². The van der Waals surface area contributed by atoms with Gasteiger partial charge in [-0.15, -0.1) is 0 Å². The van der Waals surface area contributed by atoms with Crippen molar-refractivity contribution in [1.29, 1.82) is 0 Å². The van der Waals surface area contributed by atoms with Crippen LogP contribution < -0.4 is 5.32 Å². The Morgan fingerprint density at radius 1 is 0.393 bits per heavy atom. The molecule has 1 amide bonds. The number of ether oxygens (including phenoxy) is 1. The number of unbranched alkanes of at least 4 members (excludes halogenated alkanes) is 41. The summed E-state index contributed by atoms with van der Waals surface area (Å²) in [5, 5.41) is 23.2. The summed E-state index contributed by atoms with van der Waals surface area (Å²) in [6.07, 6.45) is 58.1. The maximum absolute atomic E-state index is 12.4. The van der Waals surface area contributed by atoms with Gasteiger partial charge in [0.1, 0.15) is 0 Å². The fraction of sp³-hybridized carbons (Fsp3) is 0.964. The van der Waals surface area contributed by atoms with Gasteiger partial charge in [0, 0.05) is 12.8 Å². The summed E-state index contributed by atoms with van der Waals surface area (Å²) in [6.45, 7) is 4.95. The average Bonchev–Trinajstić information content (AvgIpc) is 3.26. The molecule has 0 aliphatic rings. The Morgan fingerprint density at radius 3 is 1.00 bits per heavy atom. The van der Waals surface area contributed by atoms with Gasteiger partial charge in [-0.3, -0.25) is 9.59 Å². The summed E-state index contributed by atoms with van der Waals surface area (Å²) >= 11 is 0. The number of aliphatic hydroxyl groups is 2. The Balaban J connectivity index is 3.35. The number of carbonyl (C=O) groups excluding carboxylic acids is 2. The summed E-state index contributed by atoms with van der Waals surface area (Å²) < 4.78 is 5.46. The third kappa shape index (κ3) is 48.2. The van der Waals surface area contributed by atoms with Crippen LogP contribution in [0.3, 0.4) is 0 Å². The molecule has 0 heterocycles. The van der Waals surface area contributed by atoms with Gasteiger partial charge >= 0.3 is 5.97 Å². The zero-order valence-electron chi connectivity index (χ0n) is 41.4. The van der Waals surface area contributed by atoms with Crippen LogP contribution in [0.1, 0.15) is 316 Å². The topological polar surface area (TPSA) is 95.9 Å². The van der Waals surface area contributed by atoms with Gasteiger partial charge in [0.25, 0.3) is 0 Å². The van der Waals surface area contributed by atoms with E-state index >= 15 is 0 Å². The fourth-order valence-electron chi connectivity index (χ4n) is 8.88. The molecule has 0 aromatic carbocycles. The predicted molar refractivity (Wildman–Crippen MR) is 264 cm³/mol. The van der Waals surface area contributed by atoms with Gasteiger partial charge in [-0.05, 0) is 25.7 Å². The Kier molecular flexibility index (Phi) is 50.5. The molecule has 6 nitrogen and oxygen atoms in total. The van der Waals surface area contributed by atoms with Crippen molar-refractivity contribution in [3.63, 3.8) is 0 Å². The number of hydrogen-bond donors (Lipinski definition) is 3. The van der Waals surface area contributed by atoms with Gasteiger partial charge in [0.15, 0.2) is 0 Å². The van der Waals surface area contributed by atoms with Gasteiger partial charge in [-0.2, -0.15) is 0 Å². The van der Waals surface area contributed by atoms with E-state index in [1.165, 1.54) is 244 Å². The first-order valence-corrected chi connectivity index (χ1v) is 27.8. The van der Waals surface area contributed by atoms with Crippen molar-refractivity contribution in [2.75, 3.05) is 13.2 Å². The summed E-state index contributed by atoms with van der Waals surface area (Å²) in [4.78, 5) is 24.4. The third-order valence-corrected chi connectivity index (χ3v) is 13.2. The highest BCUT2D eigenvalue weighted by atomic mass is 16.5. The number of nitrogens with one attached hydrogen (secondary N) is 1. The zero-order valence-corrected chi connectivity index (χ0v) is 41.4. The maximum Gasteiger partial charge on any atom is 0.305 e. The summed E-state index contributed by atoms with van der Waals surface area (Å²) in [7, 11) is 0. The van der Waals surface area contributed by atoms with Crippen molar-refractivity contribution in [2.24, 2.45) is 0 Å². The summed E-state index contributed by atoms with van der Waals surface area (Å²) in [5.74, 6) is -0.0213. The quantitative estimate of drug-likeness (QED) is 0.0418. The van der Waals surface area contributed by atoms with Crippen LogP contribution in [-0.4, -0.2) is 47.4 Å². The van der Waals surface area contributed by atoms with Crippen LogP contribution >= 0.6 is 0 Å². The first kappa shape index (κ1) is 59.9. The van der Waals surface area contributed by atoms with E-state index in [9.17, 15) is 19.8 Å². The van der Waals surface area contributed by atoms with Crippen molar-refractivity contribution in [3.8, 4) is 0 Å². The molecule has 0 bridgehead atoms. The van der Waals surface area contributed by atoms with Crippen LogP contribution in [-0.2, 0) is 14.3 Å². The molecular weight excluding hydrogens is 755 g/mol.